The maximum absolute atomic E-state index is 9.56. The van der Waals surface area contributed by atoms with Crippen molar-refractivity contribution in [2.75, 3.05) is 37.7 Å². The van der Waals surface area contributed by atoms with Gasteiger partial charge in [0.15, 0.2) is 0 Å². The van der Waals surface area contributed by atoms with E-state index in [9.17, 15) is 5.11 Å². The summed E-state index contributed by atoms with van der Waals surface area (Å²) in [4.78, 5) is 5.14. The molecule has 0 radical (unpaired) electrons. The molecule has 0 amide bonds. The fourth-order valence-corrected chi connectivity index (χ4v) is 5.11. The van der Waals surface area contributed by atoms with Gasteiger partial charge in [0.25, 0.3) is 0 Å². The van der Waals surface area contributed by atoms with Gasteiger partial charge in [-0.2, -0.15) is 0 Å². The van der Waals surface area contributed by atoms with Gasteiger partial charge in [0.1, 0.15) is 11.5 Å². The number of nitrogens with zero attached hydrogens (tertiary/aromatic N) is 2. The Kier molecular flexibility index (Phi) is 6.60. The lowest BCUT2D eigenvalue weighted by atomic mass is 9.80. The van der Waals surface area contributed by atoms with E-state index in [0.717, 1.165) is 37.8 Å². The van der Waals surface area contributed by atoms with Gasteiger partial charge < -0.3 is 14.7 Å². The molecular formula is C25H34N2O2. The third kappa shape index (κ3) is 4.87. The number of phenolic OH excluding ortho intramolecular Hbond substituents is 1. The predicted octanol–water partition coefficient (Wildman–Crippen LogP) is 5.23. The molecule has 4 nitrogen and oxygen atoms in total. The monoisotopic (exact) mass is 394 g/mol. The zero-order chi connectivity index (χ0) is 20.1. The van der Waals surface area contributed by atoms with Crippen LogP contribution in [0.1, 0.15) is 50.6 Å². The van der Waals surface area contributed by atoms with Crippen molar-refractivity contribution in [3.05, 3.63) is 54.1 Å². The first-order chi connectivity index (χ1) is 14.2. The molecular weight excluding hydrogens is 360 g/mol. The Morgan fingerprint density at radius 2 is 1.69 bits per heavy atom. The number of aromatic hydroxyl groups is 1. The summed E-state index contributed by atoms with van der Waals surface area (Å²) in [5.41, 5.74) is 2.62. The van der Waals surface area contributed by atoms with Gasteiger partial charge in [0, 0.05) is 37.9 Å². The smallest absolute Gasteiger partial charge is 0.119 e. The molecule has 2 aromatic carbocycles. The average Bonchev–Trinajstić information content (AvgIpc) is 2.76. The molecule has 1 N–H and O–H groups in total. The molecule has 0 spiro atoms. The maximum Gasteiger partial charge on any atom is 0.119 e. The molecule has 4 rings (SSSR count). The van der Waals surface area contributed by atoms with Gasteiger partial charge in [-0.25, -0.2) is 0 Å². The van der Waals surface area contributed by atoms with Gasteiger partial charge in [-0.15, -0.1) is 0 Å². The first-order valence-corrected chi connectivity index (χ1v) is 11.3. The van der Waals surface area contributed by atoms with E-state index in [-0.39, 0.29) is 0 Å². The summed E-state index contributed by atoms with van der Waals surface area (Å²) < 4.78 is 5.81. The van der Waals surface area contributed by atoms with Crippen LogP contribution in [-0.4, -0.2) is 42.8 Å². The lowest BCUT2D eigenvalue weighted by molar-refractivity contribution is 0.110. The van der Waals surface area contributed by atoms with Crippen LogP contribution >= 0.6 is 0 Å². The van der Waals surface area contributed by atoms with Crippen LogP contribution in [0.4, 0.5) is 5.69 Å². The van der Waals surface area contributed by atoms with Gasteiger partial charge >= 0.3 is 0 Å². The van der Waals surface area contributed by atoms with E-state index < -0.39 is 0 Å². The summed E-state index contributed by atoms with van der Waals surface area (Å²) in [5, 5.41) is 9.56. The van der Waals surface area contributed by atoms with E-state index in [1.54, 1.807) is 12.1 Å². The molecule has 156 valence electrons. The van der Waals surface area contributed by atoms with Gasteiger partial charge in [0.2, 0.25) is 0 Å². The number of anilines is 1. The highest BCUT2D eigenvalue weighted by molar-refractivity contribution is 5.49. The third-order valence-corrected chi connectivity index (χ3v) is 6.53. The molecule has 4 heteroatoms. The van der Waals surface area contributed by atoms with E-state index >= 15 is 0 Å². The molecule has 0 aromatic heterocycles. The standard InChI is InChI=1S/C25H34N2O2/c1-2-29-24-10-6-9-21(19-24)25(20-7-4-3-5-8-20)27-17-15-26(16-18-27)22-11-13-23(28)14-12-22/h6,9-14,19-20,25,28H,2-5,7-8,15-18H2,1H3. The van der Waals surface area contributed by atoms with Gasteiger partial charge in [-0.05, 0) is 67.6 Å². The largest absolute Gasteiger partial charge is 0.508 e. The molecule has 1 atom stereocenters. The van der Waals surface area contributed by atoms with E-state index in [1.165, 1.54) is 43.4 Å². The highest BCUT2D eigenvalue weighted by Crippen LogP contribution is 2.40. The molecule has 2 aliphatic rings. The molecule has 0 bridgehead atoms. The molecule has 1 saturated heterocycles. The minimum atomic E-state index is 0.332. The van der Waals surface area contributed by atoms with E-state index in [1.807, 2.05) is 19.1 Å². The summed E-state index contributed by atoms with van der Waals surface area (Å²) in [6.45, 7) is 6.96. The van der Waals surface area contributed by atoms with Crippen molar-refractivity contribution in [3.8, 4) is 11.5 Å². The first kappa shape index (κ1) is 20.1. The Labute approximate surface area is 175 Å². The molecule has 1 aliphatic heterocycles. The van der Waals surface area contributed by atoms with Crippen LogP contribution in [0.5, 0.6) is 11.5 Å². The van der Waals surface area contributed by atoms with E-state index in [2.05, 4.69) is 34.1 Å². The van der Waals surface area contributed by atoms with Crippen LogP contribution in [0.2, 0.25) is 0 Å². The Hall–Kier alpha value is -2.20. The van der Waals surface area contributed by atoms with Crippen LogP contribution in [0, 0.1) is 5.92 Å². The summed E-state index contributed by atoms with van der Waals surface area (Å²) in [5.74, 6) is 2.06. The summed E-state index contributed by atoms with van der Waals surface area (Å²) in [7, 11) is 0. The second-order valence-corrected chi connectivity index (χ2v) is 8.39. The summed E-state index contributed by atoms with van der Waals surface area (Å²) >= 11 is 0. The number of benzene rings is 2. The molecule has 1 saturated carbocycles. The number of ether oxygens (including phenoxy) is 1. The lowest BCUT2D eigenvalue weighted by Crippen LogP contribution is -2.49. The fourth-order valence-electron chi connectivity index (χ4n) is 5.11. The highest BCUT2D eigenvalue weighted by atomic mass is 16.5. The molecule has 2 fully saturated rings. The SMILES string of the molecule is CCOc1cccc(C(C2CCCCC2)N2CCN(c3ccc(O)cc3)CC2)c1. The minimum absolute atomic E-state index is 0.332. The Balaban J connectivity index is 1.51. The Morgan fingerprint density at radius 1 is 0.966 bits per heavy atom. The average molecular weight is 395 g/mol. The fraction of sp³-hybridized carbons (Fsp3) is 0.520. The van der Waals surface area contributed by atoms with Crippen molar-refractivity contribution in [3.63, 3.8) is 0 Å². The van der Waals surface area contributed by atoms with Crippen molar-refractivity contribution >= 4 is 5.69 Å². The van der Waals surface area contributed by atoms with Crippen LogP contribution in [0.25, 0.3) is 0 Å². The number of phenols is 1. The predicted molar refractivity (Wildman–Crippen MR) is 119 cm³/mol. The molecule has 2 aromatic rings. The van der Waals surface area contributed by atoms with Crippen molar-refractivity contribution in [1.82, 2.24) is 4.90 Å². The topological polar surface area (TPSA) is 35.9 Å². The molecule has 1 aliphatic carbocycles. The van der Waals surface area contributed by atoms with Crippen LogP contribution in [0.15, 0.2) is 48.5 Å². The molecule has 29 heavy (non-hydrogen) atoms. The summed E-state index contributed by atoms with van der Waals surface area (Å²) in [6, 6.07) is 16.9. The van der Waals surface area contributed by atoms with E-state index in [4.69, 9.17) is 4.74 Å². The van der Waals surface area contributed by atoms with Gasteiger partial charge in [-0.3, -0.25) is 4.90 Å². The minimum Gasteiger partial charge on any atom is -0.508 e. The zero-order valence-corrected chi connectivity index (χ0v) is 17.6. The van der Waals surface area contributed by atoms with Crippen LogP contribution in [0.3, 0.4) is 0 Å². The van der Waals surface area contributed by atoms with Crippen molar-refractivity contribution in [1.29, 1.82) is 0 Å². The molecule has 1 heterocycles. The molecule has 1 unspecified atom stereocenters. The van der Waals surface area contributed by atoms with Gasteiger partial charge in [-0.1, -0.05) is 31.4 Å². The Bertz CT molecular complexity index is 763. The maximum atomic E-state index is 9.56. The number of hydrogen-bond acceptors (Lipinski definition) is 4. The normalized spacial score (nSPS) is 19.8. The highest BCUT2D eigenvalue weighted by Gasteiger charge is 2.32. The third-order valence-electron chi connectivity index (χ3n) is 6.53. The summed E-state index contributed by atoms with van der Waals surface area (Å²) in [6.07, 6.45) is 6.78. The van der Waals surface area contributed by atoms with Crippen LogP contribution in [-0.2, 0) is 0 Å². The number of piperazine rings is 1. The second kappa shape index (κ2) is 9.53. The quantitative estimate of drug-likeness (QED) is 0.727. The van der Waals surface area contributed by atoms with E-state index in [0.29, 0.717) is 18.4 Å². The number of hydrogen-bond donors (Lipinski definition) is 1. The second-order valence-electron chi connectivity index (χ2n) is 8.39. The van der Waals surface area contributed by atoms with Crippen molar-refractivity contribution < 1.29 is 9.84 Å². The van der Waals surface area contributed by atoms with Crippen LogP contribution < -0.4 is 9.64 Å². The first-order valence-electron chi connectivity index (χ1n) is 11.3. The Morgan fingerprint density at radius 3 is 2.38 bits per heavy atom. The zero-order valence-electron chi connectivity index (χ0n) is 17.6. The van der Waals surface area contributed by atoms with Crippen molar-refractivity contribution in [2.45, 2.75) is 45.1 Å². The van der Waals surface area contributed by atoms with Gasteiger partial charge in [0.05, 0.1) is 6.61 Å². The van der Waals surface area contributed by atoms with Crippen molar-refractivity contribution in [2.24, 2.45) is 5.92 Å². The number of rotatable bonds is 6. The lowest BCUT2D eigenvalue weighted by Gasteiger charge is -2.44.